The van der Waals surface area contributed by atoms with E-state index in [1.54, 1.807) is 20.9 Å². The van der Waals surface area contributed by atoms with Crippen LogP contribution in [0.1, 0.15) is 55.9 Å². The fourth-order valence-electron chi connectivity index (χ4n) is 5.87. The van der Waals surface area contributed by atoms with E-state index in [2.05, 4.69) is 16.9 Å². The molecule has 14 heteroatoms. The number of likely N-dealkylation sites (tertiary alicyclic amines) is 1. The van der Waals surface area contributed by atoms with Crippen molar-refractivity contribution in [2.24, 2.45) is 10.2 Å². The summed E-state index contributed by atoms with van der Waals surface area (Å²) in [5, 5.41) is 10.3. The highest BCUT2D eigenvalue weighted by Crippen LogP contribution is 2.38. The molecule has 0 radical (unpaired) electrons. The van der Waals surface area contributed by atoms with Crippen LogP contribution in [-0.4, -0.2) is 72.9 Å². The van der Waals surface area contributed by atoms with Crippen LogP contribution >= 0.6 is 11.3 Å². The monoisotopic (exact) mass is 628 g/mol. The van der Waals surface area contributed by atoms with Crippen LogP contribution < -0.4 is 21.1 Å². The molecule has 0 N–H and O–H groups in total. The van der Waals surface area contributed by atoms with Crippen molar-refractivity contribution in [2.45, 2.75) is 64.3 Å². The van der Waals surface area contributed by atoms with Crippen LogP contribution in [0.4, 0.5) is 9.39 Å². The largest absolute Gasteiger partial charge is 0.496 e. The molecule has 3 aromatic rings. The van der Waals surface area contributed by atoms with Crippen LogP contribution in [0.3, 0.4) is 0 Å². The predicted molar refractivity (Wildman–Crippen MR) is 168 cm³/mol. The SMILES string of the molecule is C=NN(/N=C\C)c1sc2c(c1C)c(=O)n(C1CCCN(C)C1=O)c(=O)n2C[C@H](OC1CCOCC1)c1cc(F)ccc1OC. The number of amides is 1. The van der Waals surface area contributed by atoms with Crippen LogP contribution in [0.2, 0.25) is 0 Å². The molecule has 2 fully saturated rings. The maximum absolute atomic E-state index is 14.7. The second-order valence-corrected chi connectivity index (χ2v) is 11.8. The maximum atomic E-state index is 14.7. The number of carbonyl (C=O) groups excluding carboxylic acids is 1. The number of rotatable bonds is 10. The first-order valence-electron chi connectivity index (χ1n) is 14.6. The summed E-state index contributed by atoms with van der Waals surface area (Å²) >= 11 is 1.16. The van der Waals surface area contributed by atoms with Crippen molar-refractivity contribution in [3.63, 3.8) is 0 Å². The molecule has 0 aliphatic carbocycles. The normalized spacial score (nSPS) is 18.7. The molecular formula is C30H37FN6O6S. The minimum atomic E-state index is -0.965. The summed E-state index contributed by atoms with van der Waals surface area (Å²) in [5.41, 5.74) is -0.261. The van der Waals surface area contributed by atoms with Crippen molar-refractivity contribution in [1.29, 1.82) is 0 Å². The first kappa shape index (κ1) is 31.5. The average molecular weight is 629 g/mol. The number of methoxy groups -OCH3 is 1. The van der Waals surface area contributed by atoms with E-state index in [4.69, 9.17) is 14.2 Å². The zero-order valence-electron chi connectivity index (χ0n) is 25.3. The molecule has 12 nitrogen and oxygen atoms in total. The lowest BCUT2D eigenvalue weighted by Crippen LogP contribution is -2.49. The molecule has 5 rings (SSSR count). The molecule has 2 aromatic heterocycles. The molecular weight excluding hydrogens is 591 g/mol. The molecule has 0 bridgehead atoms. The minimum Gasteiger partial charge on any atom is -0.496 e. The van der Waals surface area contributed by atoms with Gasteiger partial charge in [-0.2, -0.15) is 10.2 Å². The van der Waals surface area contributed by atoms with E-state index in [9.17, 15) is 18.8 Å². The van der Waals surface area contributed by atoms with Crippen LogP contribution in [0.25, 0.3) is 10.2 Å². The van der Waals surface area contributed by atoms with Gasteiger partial charge in [-0.25, -0.2) is 13.8 Å². The summed E-state index contributed by atoms with van der Waals surface area (Å²) < 4.78 is 34.8. The molecule has 0 spiro atoms. The van der Waals surface area contributed by atoms with E-state index in [-0.39, 0.29) is 23.9 Å². The van der Waals surface area contributed by atoms with Crippen LogP contribution in [0.5, 0.6) is 5.75 Å². The standard InChI is InChI=1S/C30H37FN6O6S/c1-6-33-37(32-3)28-18(2)25-27(39)36(22-8-7-13-34(4)26(22)38)30(40)35(29(25)44-28)17-24(43-20-11-14-42-15-12-20)21-16-19(31)9-10-23(21)41-5/h6,9-10,16,20,22,24H,3,7-8,11-15,17H2,1-2,4-5H3/b33-6-/t22?,24-/m0/s1. The van der Waals surface area contributed by atoms with Gasteiger partial charge in [-0.1, -0.05) is 11.3 Å². The van der Waals surface area contributed by atoms with Crippen LogP contribution in [0, 0.1) is 12.7 Å². The number of carbonyl (C=O) groups is 1. The molecule has 1 aromatic carbocycles. The fourth-order valence-corrected chi connectivity index (χ4v) is 7.10. The summed E-state index contributed by atoms with van der Waals surface area (Å²) in [7, 11) is 3.15. The molecule has 2 saturated heterocycles. The van der Waals surface area contributed by atoms with Gasteiger partial charge in [-0.05, 0) is 57.7 Å². The Hall–Kier alpha value is -3.88. The van der Waals surface area contributed by atoms with Gasteiger partial charge in [-0.15, -0.1) is 5.12 Å². The van der Waals surface area contributed by atoms with Crippen molar-refractivity contribution < 1.29 is 23.4 Å². The number of hydrogen-bond donors (Lipinski definition) is 0. The second kappa shape index (κ2) is 13.4. The molecule has 2 atom stereocenters. The number of aryl methyl sites for hydroxylation is 1. The average Bonchev–Trinajstić information content (AvgIpc) is 3.36. The number of hydrazone groups is 2. The van der Waals surface area contributed by atoms with Gasteiger partial charge in [0.15, 0.2) is 0 Å². The summed E-state index contributed by atoms with van der Waals surface area (Å²) in [4.78, 5) is 43.8. The lowest BCUT2D eigenvalue weighted by atomic mass is 10.0. The summed E-state index contributed by atoms with van der Waals surface area (Å²) in [5.74, 6) is -0.396. The Morgan fingerprint density at radius 1 is 1.25 bits per heavy atom. The Labute approximate surface area is 257 Å². The van der Waals surface area contributed by atoms with Gasteiger partial charge in [0.1, 0.15) is 33.5 Å². The number of hydrogen-bond acceptors (Lipinski definition) is 10. The van der Waals surface area contributed by atoms with Gasteiger partial charge >= 0.3 is 5.69 Å². The molecule has 2 aliphatic heterocycles. The lowest BCUT2D eigenvalue weighted by molar-refractivity contribution is -0.136. The second-order valence-electron chi connectivity index (χ2n) is 10.8. The van der Waals surface area contributed by atoms with Crippen molar-refractivity contribution >= 4 is 45.4 Å². The lowest BCUT2D eigenvalue weighted by Gasteiger charge is -2.31. The zero-order chi connectivity index (χ0) is 31.5. The topological polar surface area (TPSA) is 120 Å². The zero-order valence-corrected chi connectivity index (χ0v) is 26.1. The molecule has 0 saturated carbocycles. The van der Waals surface area contributed by atoms with Gasteiger partial charge in [-0.3, -0.25) is 14.2 Å². The van der Waals surface area contributed by atoms with Crippen molar-refractivity contribution in [1.82, 2.24) is 14.0 Å². The molecule has 1 amide bonds. The van der Waals surface area contributed by atoms with E-state index in [1.165, 1.54) is 46.1 Å². The van der Waals surface area contributed by atoms with E-state index < -0.39 is 29.2 Å². The predicted octanol–water partition coefficient (Wildman–Crippen LogP) is 3.84. The summed E-state index contributed by atoms with van der Waals surface area (Å²) in [6.45, 7) is 8.56. The number of likely N-dealkylation sites (N-methyl/N-ethyl adjacent to an activating group) is 1. The Kier molecular flexibility index (Phi) is 9.61. The number of aromatic nitrogens is 2. The first-order valence-corrected chi connectivity index (χ1v) is 15.4. The Bertz CT molecular complexity index is 1690. The number of fused-ring (bicyclic) bond motifs is 1. The first-order chi connectivity index (χ1) is 21.2. The number of piperidine rings is 1. The highest BCUT2D eigenvalue weighted by Gasteiger charge is 2.34. The van der Waals surface area contributed by atoms with E-state index in [1.807, 2.05) is 0 Å². The number of halogens is 1. The summed E-state index contributed by atoms with van der Waals surface area (Å²) in [6, 6.07) is 3.19. The number of nitrogens with zero attached hydrogens (tertiary/aromatic N) is 6. The summed E-state index contributed by atoms with van der Waals surface area (Å²) in [6.07, 6.45) is 2.71. The maximum Gasteiger partial charge on any atom is 0.332 e. The van der Waals surface area contributed by atoms with Crippen molar-refractivity contribution in [3.05, 3.63) is 56.0 Å². The van der Waals surface area contributed by atoms with E-state index in [0.717, 1.165) is 15.9 Å². The third-order valence-electron chi connectivity index (χ3n) is 8.11. The number of thiophene rings is 1. The van der Waals surface area contributed by atoms with Crippen molar-refractivity contribution in [3.8, 4) is 5.75 Å². The van der Waals surface area contributed by atoms with E-state index in [0.29, 0.717) is 72.1 Å². The van der Waals surface area contributed by atoms with Crippen LogP contribution in [0.15, 0.2) is 38.0 Å². The minimum absolute atomic E-state index is 0.0819. The molecule has 1 unspecified atom stereocenters. The Morgan fingerprint density at radius 3 is 2.68 bits per heavy atom. The molecule has 2 aliphatic rings. The van der Waals surface area contributed by atoms with Crippen molar-refractivity contribution in [2.75, 3.05) is 39.0 Å². The third-order valence-corrected chi connectivity index (χ3v) is 9.40. The number of anilines is 1. The third kappa shape index (κ3) is 5.93. The van der Waals surface area contributed by atoms with Gasteiger partial charge in [0.25, 0.3) is 5.56 Å². The van der Waals surface area contributed by atoms with Gasteiger partial charge < -0.3 is 19.1 Å². The van der Waals surface area contributed by atoms with E-state index >= 15 is 0 Å². The molecule has 4 heterocycles. The quantitative estimate of drug-likeness (QED) is 0.247. The van der Waals surface area contributed by atoms with Gasteiger partial charge in [0.05, 0.1) is 25.1 Å². The number of ether oxygens (including phenoxy) is 3. The Morgan fingerprint density at radius 2 is 2.00 bits per heavy atom. The molecule has 236 valence electrons. The van der Waals surface area contributed by atoms with Crippen LogP contribution in [-0.2, 0) is 20.8 Å². The highest BCUT2D eigenvalue weighted by molar-refractivity contribution is 7.22. The highest BCUT2D eigenvalue weighted by atomic mass is 32.1. The van der Waals surface area contributed by atoms with Gasteiger partial charge in [0, 0.05) is 50.9 Å². The molecule has 44 heavy (non-hydrogen) atoms. The smallest absolute Gasteiger partial charge is 0.332 e. The number of benzene rings is 1. The fraction of sp³-hybridized carbons (Fsp3) is 0.500. The van der Waals surface area contributed by atoms with Gasteiger partial charge in [0.2, 0.25) is 5.91 Å². The Balaban J connectivity index is 1.76.